The van der Waals surface area contributed by atoms with Gasteiger partial charge in [0.2, 0.25) is 0 Å². The van der Waals surface area contributed by atoms with Gasteiger partial charge in [-0.25, -0.2) is 9.97 Å². The molecule has 0 saturated carbocycles. The molecular formula is C19H27N5O2. The molecule has 0 fully saturated rings. The molecule has 1 amide bonds. The van der Waals surface area contributed by atoms with Gasteiger partial charge in [-0.3, -0.25) is 4.79 Å². The van der Waals surface area contributed by atoms with E-state index in [1.54, 1.807) is 13.2 Å². The Morgan fingerprint density at radius 1 is 1.19 bits per heavy atom. The fourth-order valence-electron chi connectivity index (χ4n) is 2.43. The summed E-state index contributed by atoms with van der Waals surface area (Å²) in [4.78, 5) is 22.5. The Labute approximate surface area is 154 Å². The van der Waals surface area contributed by atoms with Gasteiger partial charge in [-0.2, -0.15) is 0 Å². The summed E-state index contributed by atoms with van der Waals surface area (Å²) in [6.45, 7) is 2.26. The van der Waals surface area contributed by atoms with Crippen molar-refractivity contribution in [2.75, 3.05) is 46.2 Å². The highest BCUT2D eigenvalue weighted by molar-refractivity contribution is 5.92. The number of ether oxygens (including phenoxy) is 1. The molecule has 2 N–H and O–H groups in total. The largest absolute Gasteiger partial charge is 0.497 e. The molecule has 0 atom stereocenters. The highest BCUT2D eigenvalue weighted by Crippen LogP contribution is 2.13. The zero-order valence-electron chi connectivity index (χ0n) is 15.7. The molecule has 7 nitrogen and oxygen atoms in total. The first kappa shape index (κ1) is 19.7. The van der Waals surface area contributed by atoms with Crippen LogP contribution in [-0.4, -0.2) is 61.6 Å². The number of anilines is 1. The molecule has 2 aromatic rings. The highest BCUT2D eigenvalue weighted by Gasteiger charge is 2.08. The fourth-order valence-corrected chi connectivity index (χ4v) is 2.43. The predicted octanol–water partition coefficient (Wildman–Crippen LogP) is 1.82. The summed E-state index contributed by atoms with van der Waals surface area (Å²) in [7, 11) is 5.68. The molecule has 0 bridgehead atoms. The second kappa shape index (κ2) is 10.4. The normalized spacial score (nSPS) is 10.6. The van der Waals surface area contributed by atoms with Gasteiger partial charge in [0.05, 0.1) is 7.11 Å². The van der Waals surface area contributed by atoms with E-state index in [-0.39, 0.29) is 5.91 Å². The van der Waals surface area contributed by atoms with Gasteiger partial charge in [-0.15, -0.1) is 0 Å². The number of hydrogen-bond acceptors (Lipinski definition) is 6. The molecule has 0 saturated heterocycles. The van der Waals surface area contributed by atoms with E-state index in [0.29, 0.717) is 24.6 Å². The van der Waals surface area contributed by atoms with Crippen molar-refractivity contribution >= 4 is 11.7 Å². The van der Waals surface area contributed by atoms with Crippen molar-refractivity contribution in [1.29, 1.82) is 0 Å². The van der Waals surface area contributed by atoms with Crippen LogP contribution in [-0.2, 0) is 6.42 Å². The molecule has 0 aliphatic rings. The minimum atomic E-state index is -0.179. The van der Waals surface area contributed by atoms with Gasteiger partial charge < -0.3 is 20.3 Å². The van der Waals surface area contributed by atoms with Crippen LogP contribution < -0.4 is 15.4 Å². The highest BCUT2D eigenvalue weighted by atomic mass is 16.5. The lowest BCUT2D eigenvalue weighted by Gasteiger charge is -2.10. The molecule has 1 heterocycles. The summed E-state index contributed by atoms with van der Waals surface area (Å²) < 4.78 is 5.23. The summed E-state index contributed by atoms with van der Waals surface area (Å²) in [5.74, 6) is 1.31. The SMILES string of the molecule is COc1cccc(CCNc2cc(C(=O)NCCCN(C)C)ncn2)c1. The van der Waals surface area contributed by atoms with Crippen LogP contribution in [0, 0.1) is 0 Å². The van der Waals surface area contributed by atoms with E-state index in [2.05, 4.69) is 31.6 Å². The number of carbonyl (C=O) groups excluding carboxylic acids is 1. The quantitative estimate of drug-likeness (QED) is 0.632. The van der Waals surface area contributed by atoms with Crippen molar-refractivity contribution in [2.45, 2.75) is 12.8 Å². The van der Waals surface area contributed by atoms with Crippen molar-refractivity contribution < 1.29 is 9.53 Å². The molecule has 0 unspecified atom stereocenters. The van der Waals surface area contributed by atoms with Crippen LogP contribution in [0.15, 0.2) is 36.7 Å². The Morgan fingerprint density at radius 2 is 2.04 bits per heavy atom. The summed E-state index contributed by atoms with van der Waals surface area (Å²) in [6, 6.07) is 9.63. The molecule has 0 aliphatic carbocycles. The Hall–Kier alpha value is -2.67. The van der Waals surface area contributed by atoms with E-state index in [1.165, 1.54) is 11.9 Å². The van der Waals surface area contributed by atoms with Crippen LogP contribution in [0.4, 0.5) is 5.82 Å². The van der Waals surface area contributed by atoms with Gasteiger partial charge in [0.1, 0.15) is 23.6 Å². The average Bonchev–Trinajstić information content (AvgIpc) is 2.65. The molecule has 0 aliphatic heterocycles. The maximum atomic E-state index is 12.2. The van der Waals surface area contributed by atoms with E-state index >= 15 is 0 Å². The van der Waals surface area contributed by atoms with E-state index in [4.69, 9.17) is 4.74 Å². The van der Waals surface area contributed by atoms with Crippen LogP contribution in [0.5, 0.6) is 5.75 Å². The number of nitrogens with one attached hydrogen (secondary N) is 2. The smallest absolute Gasteiger partial charge is 0.270 e. The first-order valence-electron chi connectivity index (χ1n) is 8.70. The lowest BCUT2D eigenvalue weighted by Crippen LogP contribution is -2.28. The van der Waals surface area contributed by atoms with Crippen LogP contribution in [0.3, 0.4) is 0 Å². The Morgan fingerprint density at radius 3 is 2.81 bits per heavy atom. The number of aromatic nitrogens is 2. The first-order valence-corrected chi connectivity index (χ1v) is 8.70. The van der Waals surface area contributed by atoms with Crippen LogP contribution in [0.1, 0.15) is 22.5 Å². The zero-order chi connectivity index (χ0) is 18.8. The number of amides is 1. The van der Waals surface area contributed by atoms with E-state index in [1.807, 2.05) is 32.3 Å². The summed E-state index contributed by atoms with van der Waals surface area (Å²) in [6.07, 6.45) is 3.13. The van der Waals surface area contributed by atoms with Crippen molar-refractivity contribution in [3.05, 3.63) is 47.9 Å². The topological polar surface area (TPSA) is 79.4 Å². The third kappa shape index (κ3) is 6.68. The van der Waals surface area contributed by atoms with Crippen LogP contribution >= 0.6 is 0 Å². The minimum absolute atomic E-state index is 0.179. The number of nitrogens with zero attached hydrogens (tertiary/aromatic N) is 3. The predicted molar refractivity (Wildman–Crippen MR) is 103 cm³/mol. The zero-order valence-corrected chi connectivity index (χ0v) is 15.7. The van der Waals surface area contributed by atoms with Crippen molar-refractivity contribution in [2.24, 2.45) is 0 Å². The van der Waals surface area contributed by atoms with Crippen molar-refractivity contribution in [3.8, 4) is 5.75 Å². The summed E-state index contributed by atoms with van der Waals surface area (Å²) in [5, 5.41) is 6.11. The Bertz CT molecular complexity index is 706. The molecule has 140 valence electrons. The van der Waals surface area contributed by atoms with Crippen LogP contribution in [0.25, 0.3) is 0 Å². The molecule has 1 aromatic heterocycles. The standard InChI is InChI=1S/C19H27N5O2/c1-24(2)11-5-9-21-19(25)17-13-18(23-14-22-17)20-10-8-15-6-4-7-16(12-15)26-3/h4,6-7,12-14H,5,8-11H2,1-3H3,(H,21,25)(H,20,22,23). The molecular weight excluding hydrogens is 330 g/mol. The summed E-state index contributed by atoms with van der Waals surface area (Å²) >= 11 is 0. The molecule has 2 rings (SSSR count). The van der Waals surface area contributed by atoms with Gasteiger partial charge in [-0.05, 0) is 51.2 Å². The molecule has 7 heteroatoms. The number of rotatable bonds is 10. The number of benzene rings is 1. The molecule has 0 radical (unpaired) electrons. The number of carbonyl (C=O) groups is 1. The van der Waals surface area contributed by atoms with Crippen LogP contribution in [0.2, 0.25) is 0 Å². The number of hydrogen-bond donors (Lipinski definition) is 2. The maximum absolute atomic E-state index is 12.2. The number of methoxy groups -OCH3 is 1. The minimum Gasteiger partial charge on any atom is -0.497 e. The lowest BCUT2D eigenvalue weighted by molar-refractivity contribution is 0.0947. The lowest BCUT2D eigenvalue weighted by atomic mass is 10.1. The summed E-state index contributed by atoms with van der Waals surface area (Å²) in [5.41, 5.74) is 1.54. The fraction of sp³-hybridized carbons (Fsp3) is 0.421. The Kier molecular flexibility index (Phi) is 7.82. The van der Waals surface area contributed by atoms with E-state index in [9.17, 15) is 4.79 Å². The third-order valence-corrected chi connectivity index (χ3v) is 3.82. The van der Waals surface area contributed by atoms with Crippen molar-refractivity contribution in [1.82, 2.24) is 20.2 Å². The average molecular weight is 357 g/mol. The molecule has 1 aromatic carbocycles. The molecule has 0 spiro atoms. The van der Waals surface area contributed by atoms with Gasteiger partial charge in [0.15, 0.2) is 0 Å². The first-order chi connectivity index (χ1) is 12.6. The maximum Gasteiger partial charge on any atom is 0.270 e. The second-order valence-electron chi connectivity index (χ2n) is 6.23. The van der Waals surface area contributed by atoms with Gasteiger partial charge in [-0.1, -0.05) is 12.1 Å². The third-order valence-electron chi connectivity index (χ3n) is 3.82. The van der Waals surface area contributed by atoms with E-state index < -0.39 is 0 Å². The van der Waals surface area contributed by atoms with Gasteiger partial charge in [0.25, 0.3) is 5.91 Å². The van der Waals surface area contributed by atoms with Crippen molar-refractivity contribution in [3.63, 3.8) is 0 Å². The van der Waals surface area contributed by atoms with Gasteiger partial charge >= 0.3 is 0 Å². The molecule has 26 heavy (non-hydrogen) atoms. The second-order valence-corrected chi connectivity index (χ2v) is 6.23. The Balaban J connectivity index is 1.81. The van der Waals surface area contributed by atoms with Gasteiger partial charge in [0, 0.05) is 19.2 Å². The van der Waals surface area contributed by atoms with E-state index in [0.717, 1.165) is 25.1 Å². The monoisotopic (exact) mass is 357 g/mol.